The summed E-state index contributed by atoms with van der Waals surface area (Å²) in [6.07, 6.45) is 3.70. The lowest BCUT2D eigenvalue weighted by molar-refractivity contribution is 0.0697. The van der Waals surface area contributed by atoms with E-state index < -0.39 is 5.97 Å². The Labute approximate surface area is 105 Å². The van der Waals surface area contributed by atoms with Crippen LogP contribution >= 0.6 is 11.6 Å². The molecular weight excluding hydrogens is 240 g/mol. The van der Waals surface area contributed by atoms with Crippen LogP contribution in [0.1, 0.15) is 36.5 Å². The Hall–Kier alpha value is -1.29. The van der Waals surface area contributed by atoms with Crippen molar-refractivity contribution in [1.82, 2.24) is 4.98 Å². The van der Waals surface area contributed by atoms with Gasteiger partial charge in [-0.2, -0.15) is 0 Å². The van der Waals surface area contributed by atoms with Crippen molar-refractivity contribution in [2.45, 2.75) is 32.2 Å². The number of rotatable bonds is 5. The molecule has 2 rings (SSSR count). The first-order valence-electron chi connectivity index (χ1n) is 5.72. The number of anilines is 1. The summed E-state index contributed by atoms with van der Waals surface area (Å²) in [5.41, 5.74) is 0.158. The van der Waals surface area contributed by atoms with Gasteiger partial charge in [-0.05, 0) is 31.4 Å². The molecule has 2 N–H and O–H groups in total. The van der Waals surface area contributed by atoms with Gasteiger partial charge in [-0.3, -0.25) is 0 Å². The fourth-order valence-electron chi connectivity index (χ4n) is 1.86. The SMILES string of the molecule is CC(CC1CC1)Nc1cc(C(=O)O)cc(Cl)n1. The number of nitrogens with zero attached hydrogens (tertiary/aromatic N) is 1. The smallest absolute Gasteiger partial charge is 0.335 e. The lowest BCUT2D eigenvalue weighted by atomic mass is 10.1. The van der Waals surface area contributed by atoms with E-state index in [1.165, 1.54) is 25.0 Å². The number of carboxylic acid groups (broad SMARTS) is 1. The van der Waals surface area contributed by atoms with Gasteiger partial charge in [0.1, 0.15) is 11.0 Å². The minimum absolute atomic E-state index is 0.158. The van der Waals surface area contributed by atoms with Crippen molar-refractivity contribution in [2.24, 2.45) is 5.92 Å². The number of hydrogen-bond donors (Lipinski definition) is 2. The maximum Gasteiger partial charge on any atom is 0.335 e. The minimum atomic E-state index is -0.993. The number of nitrogens with one attached hydrogen (secondary N) is 1. The summed E-state index contributed by atoms with van der Waals surface area (Å²) in [6, 6.07) is 3.15. The van der Waals surface area contributed by atoms with Crippen LogP contribution in [0.2, 0.25) is 5.15 Å². The highest BCUT2D eigenvalue weighted by Crippen LogP contribution is 2.34. The molecule has 1 unspecified atom stereocenters. The summed E-state index contributed by atoms with van der Waals surface area (Å²) in [7, 11) is 0. The molecule has 0 aliphatic heterocycles. The highest BCUT2D eigenvalue weighted by Gasteiger charge is 2.23. The summed E-state index contributed by atoms with van der Waals surface area (Å²) in [6.45, 7) is 2.07. The summed E-state index contributed by atoms with van der Waals surface area (Å²) >= 11 is 5.78. The zero-order valence-electron chi connectivity index (χ0n) is 9.61. The van der Waals surface area contributed by atoms with E-state index in [9.17, 15) is 4.79 Å². The molecule has 17 heavy (non-hydrogen) atoms. The van der Waals surface area contributed by atoms with Gasteiger partial charge in [0.15, 0.2) is 0 Å². The normalized spacial score (nSPS) is 16.6. The summed E-state index contributed by atoms with van der Waals surface area (Å²) < 4.78 is 0. The number of carbonyl (C=O) groups is 1. The molecule has 0 spiro atoms. The number of carboxylic acids is 1. The van der Waals surface area contributed by atoms with Crippen molar-refractivity contribution in [3.8, 4) is 0 Å². The summed E-state index contributed by atoms with van der Waals surface area (Å²) in [5, 5.41) is 12.3. The Kier molecular flexibility index (Phi) is 3.52. The van der Waals surface area contributed by atoms with Crippen molar-refractivity contribution in [1.29, 1.82) is 0 Å². The Morgan fingerprint density at radius 3 is 2.94 bits per heavy atom. The van der Waals surface area contributed by atoms with E-state index in [2.05, 4.69) is 17.2 Å². The number of hydrogen-bond acceptors (Lipinski definition) is 3. The van der Waals surface area contributed by atoms with E-state index in [4.69, 9.17) is 16.7 Å². The number of aromatic carboxylic acids is 1. The lowest BCUT2D eigenvalue weighted by Crippen LogP contribution is -2.17. The van der Waals surface area contributed by atoms with Crippen molar-refractivity contribution in [2.75, 3.05) is 5.32 Å². The molecule has 0 bridgehead atoms. The van der Waals surface area contributed by atoms with Gasteiger partial charge in [-0.25, -0.2) is 9.78 Å². The topological polar surface area (TPSA) is 62.2 Å². The first-order chi connectivity index (χ1) is 8.04. The zero-order chi connectivity index (χ0) is 12.4. The quantitative estimate of drug-likeness (QED) is 0.793. The van der Waals surface area contributed by atoms with E-state index >= 15 is 0 Å². The van der Waals surface area contributed by atoms with Crippen LogP contribution in [0.15, 0.2) is 12.1 Å². The van der Waals surface area contributed by atoms with Crippen LogP contribution in [0.4, 0.5) is 5.82 Å². The number of halogens is 1. The molecule has 4 nitrogen and oxygen atoms in total. The van der Waals surface area contributed by atoms with Crippen LogP contribution in [-0.4, -0.2) is 22.1 Å². The summed E-state index contributed by atoms with van der Waals surface area (Å²) in [5.74, 6) is 0.353. The van der Waals surface area contributed by atoms with Crippen LogP contribution in [0.3, 0.4) is 0 Å². The molecule has 1 aliphatic carbocycles. The second-order valence-electron chi connectivity index (χ2n) is 4.59. The molecule has 1 atom stereocenters. The van der Waals surface area contributed by atoms with Crippen LogP contribution < -0.4 is 5.32 Å². The number of pyridine rings is 1. The predicted octanol–water partition coefficient (Wildman–Crippen LogP) is 3.03. The molecule has 0 aromatic carbocycles. The largest absolute Gasteiger partial charge is 0.478 e. The molecule has 1 aliphatic rings. The van der Waals surface area contributed by atoms with Gasteiger partial charge >= 0.3 is 5.97 Å². The Morgan fingerprint density at radius 1 is 1.65 bits per heavy atom. The fourth-order valence-corrected chi connectivity index (χ4v) is 2.07. The van der Waals surface area contributed by atoms with E-state index in [1.54, 1.807) is 0 Å². The van der Waals surface area contributed by atoms with E-state index in [0.717, 1.165) is 12.3 Å². The van der Waals surface area contributed by atoms with Crippen LogP contribution in [0.5, 0.6) is 0 Å². The molecular formula is C12H15ClN2O2. The maximum absolute atomic E-state index is 10.9. The lowest BCUT2D eigenvalue weighted by Gasteiger charge is -2.14. The summed E-state index contributed by atoms with van der Waals surface area (Å²) in [4.78, 5) is 14.9. The van der Waals surface area contributed by atoms with Crippen molar-refractivity contribution < 1.29 is 9.90 Å². The average molecular weight is 255 g/mol. The molecule has 1 heterocycles. The van der Waals surface area contributed by atoms with Gasteiger partial charge in [0.2, 0.25) is 0 Å². The highest BCUT2D eigenvalue weighted by atomic mass is 35.5. The third kappa shape index (κ3) is 3.60. The standard InChI is InChI=1S/C12H15ClN2O2/c1-7(4-8-2-3-8)14-11-6-9(12(16)17)5-10(13)15-11/h5-8H,2-4H2,1H3,(H,14,15)(H,16,17). The van der Waals surface area contributed by atoms with Gasteiger partial charge in [-0.15, -0.1) is 0 Å². The van der Waals surface area contributed by atoms with Gasteiger partial charge in [0, 0.05) is 6.04 Å². The molecule has 1 aromatic rings. The first-order valence-corrected chi connectivity index (χ1v) is 6.10. The average Bonchev–Trinajstić information content (AvgIpc) is 3.00. The second-order valence-corrected chi connectivity index (χ2v) is 4.98. The molecule has 1 aromatic heterocycles. The molecule has 0 saturated heterocycles. The monoisotopic (exact) mass is 254 g/mol. The Balaban J connectivity index is 2.05. The molecule has 5 heteroatoms. The first kappa shape index (κ1) is 12.2. The molecule has 1 fully saturated rings. The van der Waals surface area contributed by atoms with E-state index in [-0.39, 0.29) is 16.8 Å². The zero-order valence-corrected chi connectivity index (χ0v) is 10.4. The molecule has 1 saturated carbocycles. The molecule has 0 amide bonds. The van der Waals surface area contributed by atoms with Gasteiger partial charge in [0.05, 0.1) is 5.56 Å². The minimum Gasteiger partial charge on any atom is -0.478 e. The van der Waals surface area contributed by atoms with Crippen LogP contribution in [0, 0.1) is 5.92 Å². The Bertz CT molecular complexity index is 433. The molecule has 0 radical (unpaired) electrons. The van der Waals surface area contributed by atoms with Crippen molar-refractivity contribution in [3.05, 3.63) is 22.8 Å². The van der Waals surface area contributed by atoms with Crippen molar-refractivity contribution >= 4 is 23.4 Å². The maximum atomic E-state index is 10.9. The van der Waals surface area contributed by atoms with Crippen LogP contribution in [0.25, 0.3) is 0 Å². The Morgan fingerprint density at radius 2 is 2.35 bits per heavy atom. The highest BCUT2D eigenvalue weighted by molar-refractivity contribution is 6.29. The van der Waals surface area contributed by atoms with Gasteiger partial charge < -0.3 is 10.4 Å². The van der Waals surface area contributed by atoms with E-state index in [0.29, 0.717) is 5.82 Å². The number of aromatic nitrogens is 1. The fraction of sp³-hybridized carbons (Fsp3) is 0.500. The van der Waals surface area contributed by atoms with Gasteiger partial charge in [-0.1, -0.05) is 24.4 Å². The van der Waals surface area contributed by atoms with Gasteiger partial charge in [0.25, 0.3) is 0 Å². The third-order valence-electron chi connectivity index (χ3n) is 2.82. The van der Waals surface area contributed by atoms with Crippen LogP contribution in [-0.2, 0) is 0 Å². The second kappa shape index (κ2) is 4.92. The predicted molar refractivity (Wildman–Crippen MR) is 66.6 cm³/mol. The van der Waals surface area contributed by atoms with Crippen molar-refractivity contribution in [3.63, 3.8) is 0 Å². The third-order valence-corrected chi connectivity index (χ3v) is 3.01. The van der Waals surface area contributed by atoms with E-state index in [1.807, 2.05) is 0 Å². The molecule has 92 valence electrons.